The number of methoxy groups -OCH3 is 1. The van der Waals surface area contributed by atoms with Gasteiger partial charge in [-0.05, 0) is 86.8 Å². The van der Waals surface area contributed by atoms with Crippen LogP contribution in [0, 0.1) is 0 Å². The molecule has 0 radical (unpaired) electrons. The van der Waals surface area contributed by atoms with Gasteiger partial charge in [-0.15, -0.1) is 0 Å². The summed E-state index contributed by atoms with van der Waals surface area (Å²) < 4.78 is 12.3. The fourth-order valence-corrected chi connectivity index (χ4v) is 4.66. The van der Waals surface area contributed by atoms with Crippen LogP contribution in [0.25, 0.3) is 0 Å². The minimum Gasteiger partial charge on any atom is -0.507 e. The lowest BCUT2D eigenvalue weighted by molar-refractivity contribution is -0.136. The molecule has 172 valence electrons. The van der Waals surface area contributed by atoms with Gasteiger partial charge >= 0.3 is 5.97 Å². The lowest BCUT2D eigenvalue weighted by atomic mass is 10.1. The van der Waals surface area contributed by atoms with Gasteiger partial charge in [-0.2, -0.15) is 0 Å². The standard InChI is InChI=1S/C24H21Br2NO6/c1-3-27(15-5-4-6-16(12-15)32-2)24(31)18-13-17(7-8-21(18)28)33-23-19(25)9-14(10-20(23)26)11-22(29)30/h4-10,12-13,28H,3,11H2,1-2H3,(H,29,30). The predicted molar refractivity (Wildman–Crippen MR) is 132 cm³/mol. The van der Waals surface area contributed by atoms with Crippen LogP contribution in [0.3, 0.4) is 0 Å². The van der Waals surface area contributed by atoms with Crippen molar-refractivity contribution in [2.75, 3.05) is 18.6 Å². The van der Waals surface area contributed by atoms with Crippen LogP contribution in [0.2, 0.25) is 0 Å². The highest BCUT2D eigenvalue weighted by Crippen LogP contribution is 2.39. The number of ether oxygens (including phenoxy) is 2. The van der Waals surface area contributed by atoms with E-state index < -0.39 is 11.9 Å². The number of phenolic OH excluding ortho intramolecular Hbond substituents is 1. The van der Waals surface area contributed by atoms with E-state index in [1.807, 2.05) is 6.92 Å². The van der Waals surface area contributed by atoms with Gasteiger partial charge in [0.25, 0.3) is 5.91 Å². The predicted octanol–water partition coefficient (Wildman–Crippen LogP) is 6.01. The van der Waals surface area contributed by atoms with E-state index in [1.165, 1.54) is 23.1 Å². The zero-order valence-corrected chi connectivity index (χ0v) is 21.0. The van der Waals surface area contributed by atoms with Crippen molar-refractivity contribution in [3.05, 3.63) is 74.7 Å². The van der Waals surface area contributed by atoms with Crippen LogP contribution in [0.15, 0.2) is 63.5 Å². The first kappa shape index (κ1) is 24.6. The lowest BCUT2D eigenvalue weighted by Gasteiger charge is -2.22. The molecular weight excluding hydrogens is 558 g/mol. The molecule has 0 atom stereocenters. The van der Waals surface area contributed by atoms with Gasteiger partial charge in [0.1, 0.15) is 17.2 Å². The van der Waals surface area contributed by atoms with Crippen LogP contribution in [0.1, 0.15) is 22.8 Å². The smallest absolute Gasteiger partial charge is 0.307 e. The minimum absolute atomic E-state index is 0.0758. The number of carbonyl (C=O) groups excluding carboxylic acids is 1. The van der Waals surface area contributed by atoms with Gasteiger partial charge in [0.05, 0.1) is 28.0 Å². The fourth-order valence-electron chi connectivity index (χ4n) is 3.22. The molecule has 0 unspecified atom stereocenters. The summed E-state index contributed by atoms with van der Waals surface area (Å²) in [5.74, 6) is -0.173. The molecule has 1 amide bonds. The highest BCUT2D eigenvalue weighted by molar-refractivity contribution is 9.11. The first-order chi connectivity index (χ1) is 15.7. The summed E-state index contributed by atoms with van der Waals surface area (Å²) in [7, 11) is 1.55. The van der Waals surface area contributed by atoms with E-state index in [1.54, 1.807) is 43.5 Å². The van der Waals surface area contributed by atoms with Gasteiger partial charge in [-0.1, -0.05) is 6.07 Å². The summed E-state index contributed by atoms with van der Waals surface area (Å²) >= 11 is 6.80. The molecule has 0 bridgehead atoms. The number of halogens is 2. The first-order valence-electron chi connectivity index (χ1n) is 9.90. The normalized spacial score (nSPS) is 10.5. The van der Waals surface area contributed by atoms with E-state index in [9.17, 15) is 14.7 Å². The van der Waals surface area contributed by atoms with E-state index >= 15 is 0 Å². The summed E-state index contributed by atoms with van der Waals surface area (Å²) in [6.45, 7) is 2.21. The summed E-state index contributed by atoms with van der Waals surface area (Å²) in [6.07, 6.45) is -0.132. The van der Waals surface area contributed by atoms with Crippen molar-refractivity contribution in [1.82, 2.24) is 0 Å². The molecule has 2 N–H and O–H groups in total. The Balaban J connectivity index is 1.92. The van der Waals surface area contributed by atoms with E-state index in [0.29, 0.717) is 44.0 Å². The Hall–Kier alpha value is -3.04. The van der Waals surface area contributed by atoms with Crippen LogP contribution in [0.4, 0.5) is 5.69 Å². The molecule has 0 aliphatic rings. The zero-order valence-electron chi connectivity index (χ0n) is 17.8. The third kappa shape index (κ3) is 5.85. The Bertz CT molecular complexity index is 1170. The van der Waals surface area contributed by atoms with Gasteiger partial charge in [0.15, 0.2) is 5.75 Å². The Morgan fingerprint density at radius 2 is 1.70 bits per heavy atom. The number of carboxylic acid groups (broad SMARTS) is 1. The van der Waals surface area contributed by atoms with Crippen molar-refractivity contribution in [3.63, 3.8) is 0 Å². The maximum atomic E-state index is 13.3. The number of hydrogen-bond acceptors (Lipinski definition) is 5. The van der Waals surface area contributed by atoms with Crippen molar-refractivity contribution in [1.29, 1.82) is 0 Å². The number of amides is 1. The van der Waals surface area contributed by atoms with Crippen molar-refractivity contribution < 1.29 is 29.3 Å². The van der Waals surface area contributed by atoms with Gasteiger partial charge in [0.2, 0.25) is 0 Å². The summed E-state index contributed by atoms with van der Waals surface area (Å²) in [5.41, 5.74) is 1.30. The molecule has 3 aromatic rings. The number of carbonyl (C=O) groups is 2. The molecule has 0 saturated heterocycles. The number of aromatic hydroxyl groups is 1. The molecule has 0 saturated carbocycles. The van der Waals surface area contributed by atoms with Gasteiger partial charge in [-0.3, -0.25) is 9.59 Å². The largest absolute Gasteiger partial charge is 0.507 e. The van der Waals surface area contributed by atoms with E-state index in [4.69, 9.17) is 14.6 Å². The second kappa shape index (κ2) is 10.7. The second-order valence-corrected chi connectivity index (χ2v) is 8.70. The molecule has 0 spiro atoms. The quantitative estimate of drug-likeness (QED) is 0.340. The van der Waals surface area contributed by atoms with Crippen LogP contribution < -0.4 is 14.4 Å². The molecule has 0 aliphatic heterocycles. The van der Waals surface area contributed by atoms with Gasteiger partial charge < -0.3 is 24.6 Å². The number of carboxylic acids is 1. The highest BCUT2D eigenvalue weighted by atomic mass is 79.9. The topological polar surface area (TPSA) is 96.3 Å². The van der Waals surface area contributed by atoms with Crippen LogP contribution in [-0.4, -0.2) is 35.7 Å². The molecule has 3 rings (SSSR count). The number of nitrogens with zero attached hydrogens (tertiary/aromatic N) is 1. The van der Waals surface area contributed by atoms with Crippen molar-refractivity contribution in [2.24, 2.45) is 0 Å². The van der Waals surface area contributed by atoms with Gasteiger partial charge in [0, 0.05) is 18.3 Å². The minimum atomic E-state index is -0.944. The van der Waals surface area contributed by atoms with E-state index in [-0.39, 0.29) is 17.7 Å². The molecule has 9 heteroatoms. The Morgan fingerprint density at radius 1 is 1.00 bits per heavy atom. The van der Waals surface area contributed by atoms with Crippen molar-refractivity contribution in [3.8, 4) is 23.0 Å². The van der Waals surface area contributed by atoms with Crippen LogP contribution in [0.5, 0.6) is 23.0 Å². The lowest BCUT2D eigenvalue weighted by Crippen LogP contribution is -2.30. The zero-order chi connectivity index (χ0) is 24.1. The molecule has 0 fully saturated rings. The van der Waals surface area contributed by atoms with Crippen LogP contribution in [-0.2, 0) is 11.2 Å². The summed E-state index contributed by atoms with van der Waals surface area (Å²) in [5, 5.41) is 19.4. The Kier molecular flexibility index (Phi) is 7.99. The number of aliphatic carboxylic acids is 1. The monoisotopic (exact) mass is 577 g/mol. The molecule has 33 heavy (non-hydrogen) atoms. The maximum absolute atomic E-state index is 13.3. The van der Waals surface area contributed by atoms with Crippen LogP contribution >= 0.6 is 31.9 Å². The second-order valence-electron chi connectivity index (χ2n) is 6.99. The molecule has 3 aromatic carbocycles. The summed E-state index contributed by atoms with van der Waals surface area (Å²) in [6, 6.07) is 14.8. The third-order valence-corrected chi connectivity index (χ3v) is 5.94. The number of anilines is 1. The molecular formula is C24H21Br2NO6. The highest BCUT2D eigenvalue weighted by Gasteiger charge is 2.21. The average Bonchev–Trinajstić information content (AvgIpc) is 2.77. The molecule has 0 aromatic heterocycles. The SMILES string of the molecule is CCN(C(=O)c1cc(Oc2c(Br)cc(CC(=O)O)cc2Br)ccc1O)c1cccc(OC)c1. The fraction of sp³-hybridized carbons (Fsp3) is 0.167. The van der Waals surface area contributed by atoms with E-state index in [2.05, 4.69) is 31.9 Å². The molecule has 7 nitrogen and oxygen atoms in total. The maximum Gasteiger partial charge on any atom is 0.307 e. The number of hydrogen-bond donors (Lipinski definition) is 2. The first-order valence-corrected chi connectivity index (χ1v) is 11.5. The number of rotatable bonds is 8. The average molecular weight is 579 g/mol. The third-order valence-electron chi connectivity index (χ3n) is 4.76. The Labute approximate surface area is 207 Å². The molecule has 0 aliphatic carbocycles. The molecule has 0 heterocycles. The van der Waals surface area contributed by atoms with Gasteiger partial charge in [-0.25, -0.2) is 0 Å². The number of benzene rings is 3. The summed E-state index contributed by atoms with van der Waals surface area (Å²) in [4.78, 5) is 25.8. The van der Waals surface area contributed by atoms with Crippen molar-refractivity contribution in [2.45, 2.75) is 13.3 Å². The Morgan fingerprint density at radius 3 is 2.30 bits per heavy atom. The van der Waals surface area contributed by atoms with Crippen molar-refractivity contribution >= 4 is 49.4 Å². The number of phenols is 1. The van der Waals surface area contributed by atoms with E-state index in [0.717, 1.165) is 0 Å².